The molecule has 3 aromatic carbocycles. The van der Waals surface area contributed by atoms with E-state index in [4.69, 9.17) is 62.5 Å². The van der Waals surface area contributed by atoms with Gasteiger partial charge in [0.2, 0.25) is 23.3 Å². The van der Waals surface area contributed by atoms with Crippen molar-refractivity contribution in [1.29, 1.82) is 0 Å². The largest absolute Gasteiger partial charge is 0.420 e. The summed E-state index contributed by atoms with van der Waals surface area (Å²) >= 11 is 0. The van der Waals surface area contributed by atoms with Crippen LogP contribution in [0.2, 0.25) is 0 Å². The van der Waals surface area contributed by atoms with Crippen LogP contribution in [0, 0.1) is 23.3 Å². The van der Waals surface area contributed by atoms with Gasteiger partial charge >= 0.3 is 16.1 Å². The molecule has 3 amide bonds. The number of carbonyl (C=O) groups excluding carboxylic acids is 4. The summed E-state index contributed by atoms with van der Waals surface area (Å²) in [6, 6.07) is 13.0. The Hall–Kier alpha value is -6.06. The lowest BCUT2D eigenvalue weighted by Gasteiger charge is -2.21. The summed E-state index contributed by atoms with van der Waals surface area (Å²) in [6.45, 7) is 11.3. The predicted octanol–water partition coefficient (Wildman–Crippen LogP) is 5.01. The van der Waals surface area contributed by atoms with Gasteiger partial charge in [-0.05, 0) is 55.2 Å². The summed E-state index contributed by atoms with van der Waals surface area (Å²) in [7, 11) is -5.65. The normalized spacial score (nSPS) is 14.2. The van der Waals surface area contributed by atoms with Gasteiger partial charge in [0.15, 0.2) is 16.5 Å². The van der Waals surface area contributed by atoms with Crippen molar-refractivity contribution >= 4 is 51.4 Å². The van der Waals surface area contributed by atoms with Crippen LogP contribution in [0.3, 0.4) is 0 Å². The van der Waals surface area contributed by atoms with Gasteiger partial charge in [-0.25, -0.2) is 18.8 Å². The molecule has 0 radical (unpaired) electrons. The van der Waals surface area contributed by atoms with Crippen LogP contribution in [-0.2, 0) is 76.7 Å². The molecule has 478 valence electrons. The Morgan fingerprint density at radius 3 is 1.59 bits per heavy atom. The standard InChI is InChI=1S/C57H77F4N5O19S/c1-3-14-66(84-4-2)57(70)44-36-43-10-9-42(37-46(43)64-47(62)38-44)40-5-7-41(8-6-40)56(69)65-15-11-45(39-65)63-48(67)12-16-74-18-20-76-22-24-78-26-28-80-30-32-82-34-35-83-33-31-81-29-27-79-25-23-77-21-19-75-17-13-49(68)85-54-50(58)52(60)55(86(71,72)73)53(61)51(54)59/h5-10,36-37,45H,3-4,11-35,38-39H2,1-2H3,(H2,62,64)(H,63,67)(H,71,72,73). The molecule has 5 rings (SSSR count). The van der Waals surface area contributed by atoms with E-state index >= 15 is 0 Å². The second-order valence-corrected chi connectivity index (χ2v) is 20.3. The number of likely N-dealkylation sites (tertiary alicyclic amines) is 1. The third-order valence-corrected chi connectivity index (χ3v) is 13.3. The number of ether oxygens (including phenoxy) is 11. The van der Waals surface area contributed by atoms with Crippen molar-refractivity contribution in [3.63, 3.8) is 0 Å². The summed E-state index contributed by atoms with van der Waals surface area (Å²) in [5.74, 6) is -12.9. The minimum atomic E-state index is -5.65. The molecule has 2 heterocycles. The Morgan fingerprint density at radius 1 is 0.663 bits per heavy atom. The van der Waals surface area contributed by atoms with Crippen LogP contribution < -0.4 is 15.8 Å². The number of amides is 3. The fourth-order valence-corrected chi connectivity index (χ4v) is 8.91. The zero-order valence-corrected chi connectivity index (χ0v) is 49.2. The van der Waals surface area contributed by atoms with E-state index in [2.05, 4.69) is 15.0 Å². The number of benzene rings is 3. The number of amidine groups is 1. The van der Waals surface area contributed by atoms with Crippen molar-refractivity contribution in [2.75, 3.05) is 158 Å². The molecular formula is C57H77F4N5O19S. The van der Waals surface area contributed by atoms with E-state index in [1.54, 1.807) is 17.0 Å². The predicted molar refractivity (Wildman–Crippen MR) is 301 cm³/mol. The Kier molecular flexibility index (Phi) is 32.0. The number of halogens is 4. The summed E-state index contributed by atoms with van der Waals surface area (Å²) in [4.78, 5) is 60.8. The second kappa shape index (κ2) is 39.0. The van der Waals surface area contributed by atoms with E-state index in [-0.39, 0.29) is 76.2 Å². The number of carbonyl (C=O) groups is 4. The molecule has 24 nitrogen and oxygen atoms in total. The third kappa shape index (κ3) is 24.6. The molecule has 0 aliphatic carbocycles. The monoisotopic (exact) mass is 1240 g/mol. The molecule has 0 bridgehead atoms. The number of hydrogen-bond acceptors (Lipinski definition) is 20. The van der Waals surface area contributed by atoms with Crippen LogP contribution in [0.25, 0.3) is 17.2 Å². The molecule has 2 aliphatic rings. The Bertz CT molecular complexity index is 2770. The molecule has 0 saturated carbocycles. The number of esters is 1. The zero-order chi connectivity index (χ0) is 62.1. The molecule has 86 heavy (non-hydrogen) atoms. The maximum absolute atomic E-state index is 14.0. The fourth-order valence-electron chi connectivity index (χ4n) is 8.28. The van der Waals surface area contributed by atoms with Gasteiger partial charge < -0.3 is 68.1 Å². The number of nitrogens with one attached hydrogen (secondary N) is 1. The lowest BCUT2D eigenvalue weighted by molar-refractivity contribution is -0.180. The molecule has 1 unspecified atom stereocenters. The van der Waals surface area contributed by atoms with E-state index in [9.17, 15) is 45.2 Å². The number of fused-ring (bicyclic) bond motifs is 1. The van der Waals surface area contributed by atoms with Gasteiger partial charge in [-0.2, -0.15) is 17.2 Å². The van der Waals surface area contributed by atoms with Gasteiger partial charge in [0.25, 0.3) is 11.8 Å². The van der Waals surface area contributed by atoms with E-state index in [1.165, 1.54) is 5.06 Å². The summed E-state index contributed by atoms with van der Waals surface area (Å²) < 4.78 is 145. The number of nitrogens with two attached hydrogens (primary N) is 1. The second-order valence-electron chi connectivity index (χ2n) is 18.9. The first kappa shape index (κ1) is 70.7. The average molecular weight is 1240 g/mol. The van der Waals surface area contributed by atoms with Gasteiger partial charge in [0, 0.05) is 55.2 Å². The van der Waals surface area contributed by atoms with Crippen molar-refractivity contribution in [2.45, 2.75) is 56.9 Å². The SMILES string of the molecule is CCCN(OCC)C(=O)C1=Cc2ccc(-c3ccc(C(=O)N4CCC(NC(=O)CCOCCOCCOCCOCCOCCOCCOCCOCCOCCOCCC(=O)Oc5c(F)c(F)c(S(=O)(=O)O)c(F)c5F)C4)cc3)cc2N=C(N)C1. The van der Waals surface area contributed by atoms with Crippen LogP contribution in [0.5, 0.6) is 5.75 Å². The van der Waals surface area contributed by atoms with Gasteiger partial charge in [-0.15, -0.1) is 0 Å². The van der Waals surface area contributed by atoms with Crippen LogP contribution >= 0.6 is 0 Å². The number of rotatable bonds is 43. The first-order chi connectivity index (χ1) is 41.5. The Morgan fingerprint density at radius 2 is 1.13 bits per heavy atom. The van der Waals surface area contributed by atoms with Crippen molar-refractivity contribution in [1.82, 2.24) is 15.3 Å². The first-order valence-electron chi connectivity index (χ1n) is 28.1. The van der Waals surface area contributed by atoms with Gasteiger partial charge in [-0.3, -0.25) is 28.6 Å². The quantitative estimate of drug-likeness (QED) is 0.0128. The molecule has 0 aromatic heterocycles. The number of hydrogen-bond donors (Lipinski definition) is 3. The maximum Gasteiger partial charge on any atom is 0.313 e. The molecule has 1 atom stereocenters. The topological polar surface area (TPSA) is 290 Å². The van der Waals surface area contributed by atoms with E-state index in [1.807, 2.05) is 50.3 Å². The third-order valence-electron chi connectivity index (χ3n) is 12.4. The van der Waals surface area contributed by atoms with E-state index in [0.717, 1.165) is 23.1 Å². The number of aliphatic imine (C=N–C) groups is 1. The minimum Gasteiger partial charge on any atom is -0.420 e. The van der Waals surface area contributed by atoms with Crippen molar-refractivity contribution in [2.24, 2.45) is 10.7 Å². The summed E-state index contributed by atoms with van der Waals surface area (Å²) in [5, 5.41) is 4.39. The Labute approximate surface area is 497 Å². The van der Waals surface area contributed by atoms with Crippen LogP contribution in [0.4, 0.5) is 23.2 Å². The average Bonchev–Trinajstić information content (AvgIpc) is 1.08. The lowest BCUT2D eigenvalue weighted by Crippen LogP contribution is -2.38. The first-order valence-corrected chi connectivity index (χ1v) is 29.6. The van der Waals surface area contributed by atoms with Crippen molar-refractivity contribution in [3.05, 3.63) is 82.4 Å². The smallest absolute Gasteiger partial charge is 0.313 e. The van der Waals surface area contributed by atoms with Crippen LogP contribution in [0.15, 0.2) is 57.9 Å². The number of hydroxylamine groups is 2. The number of nitrogens with zero attached hydrogens (tertiary/aromatic N) is 3. The molecule has 1 fully saturated rings. The zero-order valence-electron chi connectivity index (χ0n) is 48.3. The van der Waals surface area contributed by atoms with Crippen molar-refractivity contribution < 1.29 is 107 Å². The lowest BCUT2D eigenvalue weighted by atomic mass is 10.00. The molecule has 2 aliphatic heterocycles. The molecular weight excluding hydrogens is 1170 g/mol. The molecule has 4 N–H and O–H groups in total. The molecule has 29 heteroatoms. The van der Waals surface area contributed by atoms with Crippen LogP contribution in [-0.4, -0.2) is 217 Å². The fraction of sp³-hybridized carbons (Fsp3) is 0.561. The highest BCUT2D eigenvalue weighted by Gasteiger charge is 2.34. The highest BCUT2D eigenvalue weighted by Crippen LogP contribution is 2.34. The minimum absolute atomic E-state index is 0.0142. The molecule has 0 spiro atoms. The van der Waals surface area contributed by atoms with E-state index < -0.39 is 56.4 Å². The molecule has 1 saturated heterocycles. The highest BCUT2D eigenvalue weighted by atomic mass is 32.2. The van der Waals surface area contributed by atoms with Gasteiger partial charge in [-0.1, -0.05) is 31.2 Å². The summed E-state index contributed by atoms with van der Waals surface area (Å²) in [6.07, 6.45) is 3.01. The van der Waals surface area contributed by atoms with Crippen molar-refractivity contribution in [3.8, 4) is 16.9 Å². The van der Waals surface area contributed by atoms with E-state index in [0.29, 0.717) is 148 Å². The summed E-state index contributed by atoms with van der Waals surface area (Å²) in [5.41, 5.74) is 10.5. The van der Waals surface area contributed by atoms with Gasteiger partial charge in [0.05, 0.1) is 151 Å². The maximum atomic E-state index is 14.0. The molecule has 3 aromatic rings. The Balaban J connectivity index is 0.751. The highest BCUT2D eigenvalue weighted by molar-refractivity contribution is 7.85. The van der Waals surface area contributed by atoms with Crippen LogP contribution in [0.1, 0.15) is 61.9 Å². The van der Waals surface area contributed by atoms with Gasteiger partial charge in [0.1, 0.15) is 5.84 Å².